The third-order valence-corrected chi connectivity index (χ3v) is 4.74. The van der Waals surface area contributed by atoms with E-state index in [1.165, 1.54) is 18.1 Å². The quantitative estimate of drug-likeness (QED) is 0.822. The molecule has 0 bridgehead atoms. The molecule has 1 N–H and O–H groups in total. The summed E-state index contributed by atoms with van der Waals surface area (Å²) in [6.45, 7) is 2.91. The molecule has 132 valence electrons. The first kappa shape index (κ1) is 17.6. The minimum absolute atomic E-state index is 0.0133. The highest BCUT2D eigenvalue weighted by Gasteiger charge is 2.40. The van der Waals surface area contributed by atoms with Crippen LogP contribution in [-0.2, 0) is 22.6 Å². The molecule has 2 aromatic rings. The lowest BCUT2D eigenvalue weighted by Crippen LogP contribution is -2.44. The van der Waals surface area contributed by atoms with E-state index in [4.69, 9.17) is 4.74 Å². The number of benzene rings is 2. The van der Waals surface area contributed by atoms with Crippen molar-refractivity contribution in [2.75, 3.05) is 0 Å². The number of hydrogen-bond donors (Lipinski definition) is 1. The van der Waals surface area contributed by atoms with Gasteiger partial charge in [0.1, 0.15) is 6.10 Å². The van der Waals surface area contributed by atoms with E-state index in [9.17, 15) is 9.90 Å². The minimum Gasteiger partial charge on any atom is -0.458 e. The lowest BCUT2D eigenvalue weighted by atomic mass is 10.1. The monoisotopic (exact) mass is 339 g/mol. The van der Waals surface area contributed by atoms with Crippen molar-refractivity contribution in [3.8, 4) is 0 Å². The zero-order valence-corrected chi connectivity index (χ0v) is 14.5. The molecule has 3 rings (SSSR count). The maximum atomic E-state index is 11.5. The van der Waals surface area contributed by atoms with Crippen LogP contribution in [0.5, 0.6) is 0 Å². The van der Waals surface area contributed by atoms with Crippen molar-refractivity contribution in [3.63, 3.8) is 0 Å². The number of carbonyl (C=O) groups is 1. The zero-order valence-electron chi connectivity index (χ0n) is 14.5. The molecule has 0 radical (unpaired) electrons. The Hall–Kier alpha value is -2.17. The lowest BCUT2D eigenvalue weighted by Gasteiger charge is -2.33. The van der Waals surface area contributed by atoms with Gasteiger partial charge in [0.05, 0.1) is 12.1 Å². The van der Waals surface area contributed by atoms with Crippen molar-refractivity contribution in [1.29, 1.82) is 0 Å². The smallest absolute Gasteiger partial charge is 0.303 e. The Morgan fingerprint density at radius 3 is 2.00 bits per heavy atom. The Balaban J connectivity index is 1.83. The number of nitrogens with zero attached hydrogens (tertiary/aromatic N) is 1. The molecular formula is C21H25NO3. The van der Waals surface area contributed by atoms with Gasteiger partial charge >= 0.3 is 5.97 Å². The molecular weight excluding hydrogens is 314 g/mol. The highest BCUT2D eigenvalue weighted by Crippen LogP contribution is 2.30. The molecule has 25 heavy (non-hydrogen) atoms. The second-order valence-electron chi connectivity index (χ2n) is 6.66. The van der Waals surface area contributed by atoms with E-state index < -0.39 is 12.2 Å². The molecule has 0 spiro atoms. The maximum Gasteiger partial charge on any atom is 0.303 e. The Morgan fingerprint density at radius 1 is 1.00 bits per heavy atom. The average molecular weight is 339 g/mol. The summed E-state index contributed by atoms with van der Waals surface area (Å²) in [5, 5.41) is 10.3. The standard InChI is InChI=1S/C21H25NO3/c1-16(23)25-21-19(12-13-20(21)24)22(14-17-8-4-2-5-9-17)15-18-10-6-3-7-11-18/h2-11,19-21,24H,12-15H2,1H3/t19-,20+,21-/m1/s1. The van der Waals surface area contributed by atoms with Gasteiger partial charge in [-0.05, 0) is 24.0 Å². The normalized spacial score (nSPS) is 22.9. The molecule has 4 heteroatoms. The van der Waals surface area contributed by atoms with Crippen LogP contribution in [0.15, 0.2) is 60.7 Å². The Morgan fingerprint density at radius 2 is 1.52 bits per heavy atom. The Bertz CT molecular complexity index is 633. The minimum atomic E-state index is -0.594. The highest BCUT2D eigenvalue weighted by molar-refractivity contribution is 5.66. The summed E-state index contributed by atoms with van der Waals surface area (Å²) in [5.41, 5.74) is 2.42. The SMILES string of the molecule is CC(=O)O[C@@H]1[C@H](N(Cc2ccccc2)Cc2ccccc2)CC[C@@H]1O. The molecule has 1 aliphatic rings. The third-order valence-electron chi connectivity index (χ3n) is 4.74. The predicted molar refractivity (Wildman–Crippen MR) is 96.7 cm³/mol. The van der Waals surface area contributed by atoms with Gasteiger partial charge in [-0.1, -0.05) is 60.7 Å². The first-order valence-corrected chi connectivity index (χ1v) is 8.80. The van der Waals surface area contributed by atoms with Crippen LogP contribution in [0, 0.1) is 0 Å². The van der Waals surface area contributed by atoms with Crippen molar-refractivity contribution >= 4 is 5.97 Å². The first-order chi connectivity index (χ1) is 12.1. The molecule has 3 atom stereocenters. The van der Waals surface area contributed by atoms with Gasteiger partial charge in [-0.25, -0.2) is 0 Å². The van der Waals surface area contributed by atoms with Crippen molar-refractivity contribution in [2.45, 2.75) is 51.1 Å². The third kappa shape index (κ3) is 4.68. The summed E-state index contributed by atoms with van der Waals surface area (Å²) in [5.74, 6) is -0.338. The van der Waals surface area contributed by atoms with E-state index in [2.05, 4.69) is 29.2 Å². The summed E-state index contributed by atoms with van der Waals surface area (Å²) < 4.78 is 5.46. The molecule has 1 saturated carbocycles. The van der Waals surface area contributed by atoms with Crippen molar-refractivity contribution in [3.05, 3.63) is 71.8 Å². The van der Waals surface area contributed by atoms with Crippen molar-refractivity contribution in [1.82, 2.24) is 4.90 Å². The van der Waals surface area contributed by atoms with Gasteiger partial charge in [0.25, 0.3) is 0 Å². The van der Waals surface area contributed by atoms with Crippen LogP contribution >= 0.6 is 0 Å². The molecule has 0 amide bonds. The fraction of sp³-hybridized carbons (Fsp3) is 0.381. The summed E-state index contributed by atoms with van der Waals surface area (Å²) in [7, 11) is 0. The highest BCUT2D eigenvalue weighted by atomic mass is 16.6. The van der Waals surface area contributed by atoms with Gasteiger partial charge in [-0.15, -0.1) is 0 Å². The molecule has 4 nitrogen and oxygen atoms in total. The van der Waals surface area contributed by atoms with E-state index >= 15 is 0 Å². The second-order valence-corrected chi connectivity index (χ2v) is 6.66. The summed E-state index contributed by atoms with van der Waals surface area (Å²) in [6, 6.07) is 20.6. The van der Waals surface area contributed by atoms with Gasteiger partial charge in [-0.3, -0.25) is 9.69 Å². The summed E-state index contributed by atoms with van der Waals surface area (Å²) in [4.78, 5) is 13.8. The van der Waals surface area contributed by atoms with E-state index in [1.807, 2.05) is 36.4 Å². The van der Waals surface area contributed by atoms with Gasteiger partial charge in [0.2, 0.25) is 0 Å². The molecule has 0 aliphatic heterocycles. The van der Waals surface area contributed by atoms with Crippen LogP contribution in [0.1, 0.15) is 30.9 Å². The van der Waals surface area contributed by atoms with Crippen LogP contribution in [0.2, 0.25) is 0 Å². The topological polar surface area (TPSA) is 49.8 Å². The molecule has 2 aromatic carbocycles. The van der Waals surface area contributed by atoms with Crippen LogP contribution in [-0.4, -0.2) is 34.2 Å². The molecule has 0 heterocycles. The van der Waals surface area contributed by atoms with Crippen LogP contribution < -0.4 is 0 Å². The predicted octanol–water partition coefficient (Wildman–Crippen LogP) is 3.14. The fourth-order valence-electron chi connectivity index (χ4n) is 3.59. The summed E-state index contributed by atoms with van der Waals surface area (Å²) in [6.07, 6.45) is 0.412. The van der Waals surface area contributed by atoms with Gasteiger partial charge < -0.3 is 9.84 Å². The molecule has 1 fully saturated rings. The van der Waals surface area contributed by atoms with E-state index in [0.717, 1.165) is 19.5 Å². The van der Waals surface area contributed by atoms with Crippen LogP contribution in [0.4, 0.5) is 0 Å². The second kappa shape index (κ2) is 8.28. The first-order valence-electron chi connectivity index (χ1n) is 8.80. The number of aliphatic hydroxyl groups is 1. The number of esters is 1. The van der Waals surface area contributed by atoms with Gasteiger partial charge in [0.15, 0.2) is 0 Å². The van der Waals surface area contributed by atoms with Crippen LogP contribution in [0.25, 0.3) is 0 Å². The zero-order chi connectivity index (χ0) is 17.6. The molecule has 0 unspecified atom stereocenters. The average Bonchev–Trinajstić information content (AvgIpc) is 2.96. The largest absolute Gasteiger partial charge is 0.458 e. The number of hydrogen-bond acceptors (Lipinski definition) is 4. The molecule has 0 saturated heterocycles. The maximum absolute atomic E-state index is 11.5. The number of aliphatic hydroxyl groups excluding tert-OH is 1. The van der Waals surface area contributed by atoms with E-state index in [1.54, 1.807) is 0 Å². The lowest BCUT2D eigenvalue weighted by molar-refractivity contribution is -0.154. The number of rotatable bonds is 6. The van der Waals surface area contributed by atoms with Crippen molar-refractivity contribution in [2.24, 2.45) is 0 Å². The number of carbonyl (C=O) groups excluding carboxylic acids is 1. The van der Waals surface area contributed by atoms with Crippen LogP contribution in [0.3, 0.4) is 0 Å². The van der Waals surface area contributed by atoms with Gasteiger partial charge in [-0.2, -0.15) is 0 Å². The Kier molecular flexibility index (Phi) is 5.84. The Labute approximate surface area is 149 Å². The summed E-state index contributed by atoms with van der Waals surface area (Å²) >= 11 is 0. The van der Waals surface area contributed by atoms with E-state index in [-0.39, 0.29) is 12.0 Å². The fourth-order valence-corrected chi connectivity index (χ4v) is 3.59. The molecule has 0 aromatic heterocycles. The number of ether oxygens (including phenoxy) is 1. The molecule has 1 aliphatic carbocycles. The van der Waals surface area contributed by atoms with E-state index in [0.29, 0.717) is 6.42 Å². The van der Waals surface area contributed by atoms with Gasteiger partial charge in [0, 0.05) is 20.0 Å². The van der Waals surface area contributed by atoms with Crippen molar-refractivity contribution < 1.29 is 14.6 Å².